The molecule has 0 fully saturated rings. The van der Waals surface area contributed by atoms with Crippen LogP contribution in [-0.2, 0) is 0 Å². The average Bonchev–Trinajstić information content (AvgIpc) is 2.64. The quantitative estimate of drug-likeness (QED) is 0.538. The first-order valence-electron chi connectivity index (χ1n) is 7.57. The van der Waals surface area contributed by atoms with Crippen molar-refractivity contribution in [1.82, 2.24) is 4.90 Å². The fourth-order valence-corrected chi connectivity index (χ4v) is 3.16. The Bertz CT molecular complexity index is 999. The summed E-state index contributed by atoms with van der Waals surface area (Å²) >= 11 is 0. The van der Waals surface area contributed by atoms with Gasteiger partial charge in [0, 0.05) is 34.7 Å². The van der Waals surface area contributed by atoms with E-state index in [1.807, 2.05) is 6.07 Å². The van der Waals surface area contributed by atoms with E-state index in [1.165, 1.54) is 7.05 Å². The van der Waals surface area contributed by atoms with Crippen LogP contribution in [0.1, 0.15) is 36.6 Å². The summed E-state index contributed by atoms with van der Waals surface area (Å²) < 4.78 is 0. The first kappa shape index (κ1) is 14.3. The molecular weight excluding hydrogens is 302 g/mol. The topological polar surface area (TPSA) is 54.5 Å². The van der Waals surface area contributed by atoms with Crippen molar-refractivity contribution >= 4 is 28.4 Å². The largest absolute Gasteiger partial charge is 0.289 e. The molecular formula is C20H13NO3. The van der Waals surface area contributed by atoms with Crippen LogP contribution < -0.4 is 0 Å². The third-order valence-corrected chi connectivity index (χ3v) is 4.39. The van der Waals surface area contributed by atoms with Crippen LogP contribution in [0.4, 0.5) is 0 Å². The van der Waals surface area contributed by atoms with Crippen molar-refractivity contribution < 1.29 is 14.4 Å². The number of carbonyl (C=O) groups excluding carboxylic acids is 3. The highest BCUT2D eigenvalue weighted by atomic mass is 16.2. The molecule has 1 heterocycles. The van der Waals surface area contributed by atoms with Gasteiger partial charge >= 0.3 is 0 Å². The van der Waals surface area contributed by atoms with E-state index in [0.29, 0.717) is 33.0 Å². The van der Waals surface area contributed by atoms with Gasteiger partial charge in [0.2, 0.25) is 0 Å². The van der Waals surface area contributed by atoms with Crippen LogP contribution in [0.2, 0.25) is 0 Å². The predicted octanol–water partition coefficient (Wildman–Crippen LogP) is 3.30. The molecule has 0 radical (unpaired) electrons. The molecule has 4 heteroatoms. The van der Waals surface area contributed by atoms with E-state index in [0.717, 1.165) is 4.90 Å². The molecule has 0 spiro atoms. The standard InChI is InChI=1S/C20H13NO3/c1-21-19(23)15-9-5-8-13-14(10-11-16(17(13)15)20(21)24)18(22)12-6-3-2-4-7-12/h2-11H,1H3. The minimum absolute atomic E-state index is 0.127. The number of nitrogens with zero attached hydrogens (tertiary/aromatic N) is 1. The molecule has 0 bridgehead atoms. The van der Waals surface area contributed by atoms with Gasteiger partial charge in [-0.3, -0.25) is 19.3 Å². The molecule has 0 saturated heterocycles. The molecule has 0 saturated carbocycles. The Morgan fingerprint density at radius 2 is 1.46 bits per heavy atom. The van der Waals surface area contributed by atoms with Crippen molar-refractivity contribution in [1.29, 1.82) is 0 Å². The highest BCUT2D eigenvalue weighted by Gasteiger charge is 2.31. The molecule has 1 aliphatic rings. The van der Waals surface area contributed by atoms with E-state index >= 15 is 0 Å². The van der Waals surface area contributed by atoms with Crippen molar-refractivity contribution in [3.63, 3.8) is 0 Å². The lowest BCUT2D eigenvalue weighted by Gasteiger charge is -2.24. The summed E-state index contributed by atoms with van der Waals surface area (Å²) in [6.07, 6.45) is 0. The molecule has 0 N–H and O–H groups in total. The van der Waals surface area contributed by atoms with E-state index in [1.54, 1.807) is 54.6 Å². The Balaban J connectivity index is 2.01. The monoisotopic (exact) mass is 315 g/mol. The van der Waals surface area contributed by atoms with Gasteiger partial charge in [0.1, 0.15) is 0 Å². The van der Waals surface area contributed by atoms with Crippen LogP contribution in [0, 0.1) is 0 Å². The van der Waals surface area contributed by atoms with E-state index < -0.39 is 0 Å². The molecule has 1 aliphatic heterocycles. The van der Waals surface area contributed by atoms with Gasteiger partial charge in [-0.2, -0.15) is 0 Å². The smallest absolute Gasteiger partial charge is 0.261 e. The maximum absolute atomic E-state index is 12.8. The first-order chi connectivity index (χ1) is 11.6. The molecule has 0 aromatic heterocycles. The van der Waals surface area contributed by atoms with Gasteiger partial charge in [-0.15, -0.1) is 0 Å². The second kappa shape index (κ2) is 5.13. The van der Waals surface area contributed by atoms with Crippen LogP contribution >= 0.6 is 0 Å². The number of hydrogen-bond acceptors (Lipinski definition) is 3. The van der Waals surface area contributed by atoms with Crippen molar-refractivity contribution in [2.24, 2.45) is 0 Å². The highest BCUT2D eigenvalue weighted by molar-refractivity contribution is 6.28. The van der Waals surface area contributed by atoms with Crippen molar-refractivity contribution in [3.8, 4) is 0 Å². The number of hydrogen-bond donors (Lipinski definition) is 0. The normalized spacial score (nSPS) is 13.5. The lowest BCUT2D eigenvalue weighted by Crippen LogP contribution is -2.37. The zero-order valence-corrected chi connectivity index (χ0v) is 12.9. The summed E-state index contributed by atoms with van der Waals surface area (Å²) in [6.45, 7) is 0. The van der Waals surface area contributed by atoms with Crippen molar-refractivity contribution in [3.05, 3.63) is 82.9 Å². The third-order valence-electron chi connectivity index (χ3n) is 4.39. The molecule has 0 atom stereocenters. The van der Waals surface area contributed by atoms with Crippen molar-refractivity contribution in [2.45, 2.75) is 0 Å². The zero-order valence-electron chi connectivity index (χ0n) is 12.9. The Hall–Kier alpha value is -3.27. The predicted molar refractivity (Wildman–Crippen MR) is 90.2 cm³/mol. The molecule has 24 heavy (non-hydrogen) atoms. The summed E-state index contributed by atoms with van der Waals surface area (Å²) in [7, 11) is 1.47. The summed E-state index contributed by atoms with van der Waals surface area (Å²) in [4.78, 5) is 38.7. The lowest BCUT2D eigenvalue weighted by molar-refractivity contribution is 0.0650. The minimum atomic E-state index is -0.345. The Morgan fingerprint density at radius 1 is 0.792 bits per heavy atom. The molecule has 4 nitrogen and oxygen atoms in total. The van der Waals surface area contributed by atoms with Gasteiger partial charge in [-0.25, -0.2) is 0 Å². The third kappa shape index (κ3) is 1.90. The maximum Gasteiger partial charge on any atom is 0.261 e. The molecule has 2 amide bonds. The Labute approximate surface area is 138 Å². The van der Waals surface area contributed by atoms with Gasteiger partial charge < -0.3 is 0 Å². The number of ketones is 1. The molecule has 116 valence electrons. The number of benzene rings is 3. The van der Waals surface area contributed by atoms with Crippen LogP contribution in [0.15, 0.2) is 60.7 Å². The Morgan fingerprint density at radius 3 is 2.17 bits per heavy atom. The first-order valence-corrected chi connectivity index (χ1v) is 7.57. The van der Waals surface area contributed by atoms with Gasteiger partial charge in [0.05, 0.1) is 0 Å². The minimum Gasteiger partial charge on any atom is -0.289 e. The van der Waals surface area contributed by atoms with Crippen LogP contribution in [-0.4, -0.2) is 29.5 Å². The van der Waals surface area contributed by atoms with Gasteiger partial charge in [-0.1, -0.05) is 42.5 Å². The molecule has 3 aromatic rings. The summed E-state index contributed by atoms with van der Waals surface area (Å²) in [5.41, 5.74) is 1.97. The number of rotatable bonds is 2. The lowest BCUT2D eigenvalue weighted by atomic mass is 9.89. The fourth-order valence-electron chi connectivity index (χ4n) is 3.16. The van der Waals surface area contributed by atoms with E-state index in [2.05, 4.69) is 0 Å². The van der Waals surface area contributed by atoms with E-state index in [9.17, 15) is 14.4 Å². The molecule has 0 aliphatic carbocycles. The van der Waals surface area contributed by atoms with Gasteiger partial charge in [-0.05, 0) is 23.6 Å². The van der Waals surface area contributed by atoms with Crippen LogP contribution in [0.25, 0.3) is 10.8 Å². The van der Waals surface area contributed by atoms with Crippen LogP contribution in [0.3, 0.4) is 0 Å². The second-order valence-electron chi connectivity index (χ2n) is 5.75. The van der Waals surface area contributed by atoms with E-state index in [4.69, 9.17) is 0 Å². The zero-order chi connectivity index (χ0) is 16.8. The molecule has 0 unspecified atom stereocenters. The molecule has 3 aromatic carbocycles. The summed E-state index contributed by atoms with van der Waals surface area (Å²) in [6, 6.07) is 17.5. The Kier molecular flexibility index (Phi) is 3.06. The SMILES string of the molecule is CN1C(=O)c2cccc3c(C(=O)c4ccccc4)ccc(c23)C1=O. The number of amides is 2. The van der Waals surface area contributed by atoms with Gasteiger partial charge in [0.25, 0.3) is 11.8 Å². The highest BCUT2D eigenvalue weighted by Crippen LogP contribution is 2.32. The second-order valence-corrected chi connectivity index (χ2v) is 5.75. The maximum atomic E-state index is 12.8. The summed E-state index contributed by atoms with van der Waals surface area (Å²) in [5.74, 6) is -0.817. The average molecular weight is 315 g/mol. The fraction of sp³-hybridized carbons (Fsp3) is 0.0500. The van der Waals surface area contributed by atoms with Gasteiger partial charge in [0.15, 0.2) is 5.78 Å². The van der Waals surface area contributed by atoms with Crippen LogP contribution in [0.5, 0.6) is 0 Å². The van der Waals surface area contributed by atoms with Crippen molar-refractivity contribution in [2.75, 3.05) is 7.05 Å². The number of carbonyl (C=O) groups is 3. The number of imide groups is 1. The summed E-state index contributed by atoms with van der Waals surface area (Å²) in [5, 5.41) is 1.20. The van der Waals surface area contributed by atoms with E-state index in [-0.39, 0.29) is 17.6 Å². The molecule has 4 rings (SSSR count).